The van der Waals surface area contributed by atoms with E-state index in [2.05, 4.69) is 15.6 Å². The van der Waals surface area contributed by atoms with Gasteiger partial charge in [-0.25, -0.2) is 4.98 Å². The first-order chi connectivity index (χ1) is 13.1. The molecule has 7 heteroatoms. The van der Waals surface area contributed by atoms with Crippen LogP contribution in [-0.4, -0.2) is 27.6 Å². The number of hydrogen-bond donors (Lipinski definition) is 2. The van der Waals surface area contributed by atoms with E-state index in [1.165, 1.54) is 0 Å². The third kappa shape index (κ3) is 4.68. The number of thioether (sulfide) groups is 1. The number of amides is 2. The zero-order valence-electron chi connectivity index (χ0n) is 15.4. The Labute approximate surface area is 162 Å². The lowest BCUT2D eigenvalue weighted by Crippen LogP contribution is -2.26. The first-order valence-corrected chi connectivity index (χ1v) is 9.98. The molecule has 27 heavy (non-hydrogen) atoms. The van der Waals surface area contributed by atoms with Crippen LogP contribution in [0, 0.1) is 0 Å². The molecule has 0 spiro atoms. The molecule has 0 fully saturated rings. The SMILES string of the molecule is CCC(=O)NCc1nc2ccccc2n1CC(=O)Nc1cccc(SC)c1. The summed E-state index contributed by atoms with van der Waals surface area (Å²) in [7, 11) is 0. The normalized spacial score (nSPS) is 10.7. The number of anilines is 1. The lowest BCUT2D eigenvalue weighted by atomic mass is 10.3. The molecule has 0 aliphatic heterocycles. The Hall–Kier alpha value is -2.80. The van der Waals surface area contributed by atoms with Gasteiger partial charge in [0.15, 0.2) is 0 Å². The first-order valence-electron chi connectivity index (χ1n) is 8.75. The van der Waals surface area contributed by atoms with E-state index in [0.717, 1.165) is 21.6 Å². The molecule has 0 saturated carbocycles. The topological polar surface area (TPSA) is 76.0 Å². The number of nitrogens with one attached hydrogen (secondary N) is 2. The predicted octanol–water partition coefficient (Wildman–Crippen LogP) is 3.42. The molecule has 0 unspecified atom stereocenters. The summed E-state index contributed by atoms with van der Waals surface area (Å²) in [6, 6.07) is 15.4. The van der Waals surface area contributed by atoms with Crippen molar-refractivity contribution < 1.29 is 9.59 Å². The summed E-state index contributed by atoms with van der Waals surface area (Å²) >= 11 is 1.62. The summed E-state index contributed by atoms with van der Waals surface area (Å²) in [4.78, 5) is 29.9. The van der Waals surface area contributed by atoms with Crippen LogP contribution in [0.1, 0.15) is 19.2 Å². The van der Waals surface area contributed by atoms with Crippen LogP contribution in [0.3, 0.4) is 0 Å². The molecule has 3 rings (SSSR count). The number of nitrogens with zero attached hydrogens (tertiary/aromatic N) is 2. The monoisotopic (exact) mass is 382 g/mol. The van der Waals surface area contributed by atoms with Crippen molar-refractivity contribution in [1.82, 2.24) is 14.9 Å². The fourth-order valence-corrected chi connectivity index (χ4v) is 3.24. The van der Waals surface area contributed by atoms with Gasteiger partial charge in [0.1, 0.15) is 12.4 Å². The second-order valence-electron chi connectivity index (χ2n) is 6.01. The molecule has 0 radical (unpaired) electrons. The summed E-state index contributed by atoms with van der Waals surface area (Å²) in [5.41, 5.74) is 2.43. The Morgan fingerprint density at radius 3 is 2.70 bits per heavy atom. The van der Waals surface area contributed by atoms with Gasteiger partial charge in [0.25, 0.3) is 0 Å². The van der Waals surface area contributed by atoms with Crippen molar-refractivity contribution in [3.8, 4) is 0 Å². The molecule has 2 aromatic carbocycles. The number of aromatic nitrogens is 2. The molecule has 0 saturated heterocycles. The average molecular weight is 382 g/mol. The molecular weight excluding hydrogens is 360 g/mol. The van der Waals surface area contributed by atoms with Crippen molar-refractivity contribution in [3.63, 3.8) is 0 Å². The molecular formula is C20H22N4O2S. The van der Waals surface area contributed by atoms with Crippen LogP contribution < -0.4 is 10.6 Å². The minimum atomic E-state index is -0.139. The lowest BCUT2D eigenvalue weighted by Gasteiger charge is -2.11. The molecule has 140 valence electrons. The molecule has 6 nitrogen and oxygen atoms in total. The van der Waals surface area contributed by atoms with E-state index in [4.69, 9.17) is 0 Å². The highest BCUT2D eigenvalue weighted by molar-refractivity contribution is 7.98. The number of fused-ring (bicyclic) bond motifs is 1. The van der Waals surface area contributed by atoms with Crippen LogP contribution in [0.5, 0.6) is 0 Å². The van der Waals surface area contributed by atoms with Gasteiger partial charge in [-0.15, -0.1) is 11.8 Å². The van der Waals surface area contributed by atoms with Crippen molar-refractivity contribution in [1.29, 1.82) is 0 Å². The number of hydrogen-bond acceptors (Lipinski definition) is 4. The van der Waals surface area contributed by atoms with Crippen LogP contribution in [0.25, 0.3) is 11.0 Å². The highest BCUT2D eigenvalue weighted by Gasteiger charge is 2.14. The summed E-state index contributed by atoms with van der Waals surface area (Å²) < 4.78 is 1.85. The smallest absolute Gasteiger partial charge is 0.244 e. The summed E-state index contributed by atoms with van der Waals surface area (Å²) in [6.07, 6.45) is 2.40. The van der Waals surface area contributed by atoms with Gasteiger partial charge < -0.3 is 15.2 Å². The number of carbonyl (C=O) groups excluding carboxylic acids is 2. The van der Waals surface area contributed by atoms with E-state index in [0.29, 0.717) is 12.2 Å². The van der Waals surface area contributed by atoms with Gasteiger partial charge in [-0.3, -0.25) is 9.59 Å². The van der Waals surface area contributed by atoms with E-state index in [1.807, 2.05) is 59.4 Å². The highest BCUT2D eigenvalue weighted by Crippen LogP contribution is 2.20. The minimum Gasteiger partial charge on any atom is -0.349 e. The van der Waals surface area contributed by atoms with Gasteiger partial charge >= 0.3 is 0 Å². The number of imidazole rings is 1. The Morgan fingerprint density at radius 1 is 1.11 bits per heavy atom. The second kappa shape index (κ2) is 8.73. The van der Waals surface area contributed by atoms with Crippen LogP contribution in [0.2, 0.25) is 0 Å². The van der Waals surface area contributed by atoms with Gasteiger partial charge in [-0.2, -0.15) is 0 Å². The Morgan fingerprint density at radius 2 is 1.93 bits per heavy atom. The molecule has 2 N–H and O–H groups in total. The molecule has 3 aromatic rings. The number of para-hydroxylation sites is 2. The van der Waals surface area contributed by atoms with Crippen LogP contribution in [0.4, 0.5) is 5.69 Å². The maximum Gasteiger partial charge on any atom is 0.244 e. The quantitative estimate of drug-likeness (QED) is 0.614. The third-order valence-electron chi connectivity index (χ3n) is 4.15. The Balaban J connectivity index is 1.81. The number of benzene rings is 2. The van der Waals surface area contributed by atoms with Crippen LogP contribution >= 0.6 is 11.8 Å². The van der Waals surface area contributed by atoms with E-state index < -0.39 is 0 Å². The highest BCUT2D eigenvalue weighted by atomic mass is 32.2. The Bertz CT molecular complexity index is 968. The van der Waals surface area contributed by atoms with E-state index in [-0.39, 0.29) is 24.9 Å². The number of carbonyl (C=O) groups is 2. The largest absolute Gasteiger partial charge is 0.349 e. The fraction of sp³-hybridized carbons (Fsp3) is 0.250. The van der Waals surface area contributed by atoms with E-state index in [1.54, 1.807) is 18.7 Å². The molecule has 0 aliphatic carbocycles. The van der Waals surface area contributed by atoms with E-state index >= 15 is 0 Å². The first kappa shape index (κ1) is 19.0. The molecule has 2 amide bonds. The summed E-state index contributed by atoms with van der Waals surface area (Å²) in [5, 5.41) is 5.77. The minimum absolute atomic E-state index is 0.0491. The van der Waals surface area contributed by atoms with Gasteiger partial charge in [-0.1, -0.05) is 25.1 Å². The van der Waals surface area contributed by atoms with Crippen molar-refractivity contribution >= 4 is 40.3 Å². The summed E-state index contributed by atoms with van der Waals surface area (Å²) in [5.74, 6) is 0.470. The molecule has 0 aliphatic rings. The maximum absolute atomic E-state index is 12.6. The molecule has 0 bridgehead atoms. The second-order valence-corrected chi connectivity index (χ2v) is 6.89. The third-order valence-corrected chi connectivity index (χ3v) is 4.88. The van der Waals surface area contributed by atoms with Crippen molar-refractivity contribution in [2.75, 3.05) is 11.6 Å². The van der Waals surface area contributed by atoms with Gasteiger partial charge in [0, 0.05) is 17.0 Å². The molecule has 1 heterocycles. The van der Waals surface area contributed by atoms with Gasteiger partial charge in [-0.05, 0) is 36.6 Å². The number of rotatable bonds is 7. The van der Waals surface area contributed by atoms with Crippen molar-refractivity contribution in [3.05, 3.63) is 54.4 Å². The van der Waals surface area contributed by atoms with Gasteiger partial charge in [0.05, 0.1) is 17.6 Å². The standard InChI is InChI=1S/C20H22N4O2S/c1-3-19(25)21-12-18-23-16-9-4-5-10-17(16)24(18)13-20(26)22-14-7-6-8-15(11-14)27-2/h4-11H,3,12-13H2,1-2H3,(H,21,25)(H,22,26). The van der Waals surface area contributed by atoms with E-state index in [9.17, 15) is 9.59 Å². The fourth-order valence-electron chi connectivity index (χ4n) is 2.78. The molecule has 0 atom stereocenters. The molecule has 1 aromatic heterocycles. The van der Waals surface area contributed by atoms with Crippen LogP contribution in [0.15, 0.2) is 53.4 Å². The van der Waals surface area contributed by atoms with Crippen molar-refractivity contribution in [2.24, 2.45) is 0 Å². The zero-order valence-corrected chi connectivity index (χ0v) is 16.2. The van der Waals surface area contributed by atoms with Gasteiger partial charge in [0.2, 0.25) is 11.8 Å². The van der Waals surface area contributed by atoms with Crippen LogP contribution in [-0.2, 0) is 22.7 Å². The zero-order chi connectivity index (χ0) is 19.2. The maximum atomic E-state index is 12.6. The lowest BCUT2D eigenvalue weighted by molar-refractivity contribution is -0.121. The van der Waals surface area contributed by atoms with Crippen molar-refractivity contribution in [2.45, 2.75) is 31.3 Å². The Kier molecular flexibility index (Phi) is 6.13. The predicted molar refractivity (Wildman–Crippen MR) is 109 cm³/mol. The average Bonchev–Trinajstić information content (AvgIpc) is 3.03. The summed E-state index contributed by atoms with van der Waals surface area (Å²) in [6.45, 7) is 2.21.